The van der Waals surface area contributed by atoms with E-state index in [2.05, 4.69) is 0 Å². The van der Waals surface area contributed by atoms with Crippen LogP contribution in [0.1, 0.15) is 30.1 Å². The van der Waals surface area contributed by atoms with Crippen molar-refractivity contribution in [1.82, 2.24) is 9.80 Å². The summed E-state index contributed by atoms with van der Waals surface area (Å²) in [7, 11) is 0. The first kappa shape index (κ1) is 16.3. The predicted octanol–water partition coefficient (Wildman–Crippen LogP) is 0.804. The summed E-state index contributed by atoms with van der Waals surface area (Å²) in [5, 5.41) is 9.45. The first-order valence-corrected chi connectivity index (χ1v) is 7.59. The molecule has 1 atom stereocenters. The Morgan fingerprint density at radius 3 is 2.45 bits per heavy atom. The Balaban J connectivity index is 1.86. The highest BCUT2D eigenvalue weighted by Gasteiger charge is 2.24. The van der Waals surface area contributed by atoms with Gasteiger partial charge in [-0.25, -0.2) is 0 Å². The van der Waals surface area contributed by atoms with Crippen LogP contribution in [0.3, 0.4) is 0 Å². The molecule has 1 aliphatic rings. The SMILES string of the molecule is CC(N)CCC(=O)N1CCN(C(=O)c2cccc(O)c2)CC1. The molecule has 1 heterocycles. The maximum Gasteiger partial charge on any atom is 0.254 e. The number of hydrogen-bond acceptors (Lipinski definition) is 4. The highest BCUT2D eigenvalue weighted by atomic mass is 16.3. The number of hydrogen-bond donors (Lipinski definition) is 2. The third-order valence-corrected chi connectivity index (χ3v) is 3.83. The number of nitrogens with zero attached hydrogens (tertiary/aromatic N) is 2. The number of aromatic hydroxyl groups is 1. The number of benzene rings is 1. The molecule has 2 rings (SSSR count). The average molecular weight is 305 g/mol. The van der Waals surface area contributed by atoms with Crippen molar-refractivity contribution in [3.8, 4) is 5.75 Å². The minimum Gasteiger partial charge on any atom is -0.508 e. The van der Waals surface area contributed by atoms with Crippen LogP contribution in [0.5, 0.6) is 5.75 Å². The van der Waals surface area contributed by atoms with Crippen LogP contribution < -0.4 is 5.73 Å². The first-order valence-electron chi connectivity index (χ1n) is 7.59. The van der Waals surface area contributed by atoms with Crippen LogP contribution >= 0.6 is 0 Å². The van der Waals surface area contributed by atoms with Crippen molar-refractivity contribution < 1.29 is 14.7 Å². The minimum atomic E-state index is -0.112. The Labute approximate surface area is 130 Å². The predicted molar refractivity (Wildman–Crippen MR) is 83.5 cm³/mol. The molecular weight excluding hydrogens is 282 g/mol. The third-order valence-electron chi connectivity index (χ3n) is 3.83. The summed E-state index contributed by atoms with van der Waals surface area (Å²) < 4.78 is 0. The summed E-state index contributed by atoms with van der Waals surface area (Å²) in [6.07, 6.45) is 1.14. The van der Waals surface area contributed by atoms with Crippen LogP contribution in [-0.4, -0.2) is 58.9 Å². The zero-order chi connectivity index (χ0) is 16.1. The molecule has 120 valence electrons. The standard InChI is InChI=1S/C16H23N3O3/c1-12(17)5-6-15(21)18-7-9-19(10-8-18)16(22)13-3-2-4-14(20)11-13/h2-4,11-12,20H,5-10,17H2,1H3. The van der Waals surface area contributed by atoms with Crippen LogP contribution in [0.4, 0.5) is 0 Å². The first-order chi connectivity index (χ1) is 10.5. The Morgan fingerprint density at radius 2 is 1.86 bits per heavy atom. The second-order valence-electron chi connectivity index (χ2n) is 5.74. The second kappa shape index (κ2) is 7.26. The fourth-order valence-electron chi connectivity index (χ4n) is 2.49. The Morgan fingerprint density at radius 1 is 1.23 bits per heavy atom. The van der Waals surface area contributed by atoms with Gasteiger partial charge in [0.15, 0.2) is 0 Å². The monoisotopic (exact) mass is 305 g/mol. The average Bonchev–Trinajstić information content (AvgIpc) is 2.52. The summed E-state index contributed by atoms with van der Waals surface area (Å²) in [4.78, 5) is 27.9. The van der Waals surface area contributed by atoms with Gasteiger partial charge in [-0.05, 0) is 31.5 Å². The molecule has 6 heteroatoms. The molecule has 1 fully saturated rings. The van der Waals surface area contributed by atoms with Crippen molar-refractivity contribution in [2.75, 3.05) is 26.2 Å². The summed E-state index contributed by atoms with van der Waals surface area (Å²) in [5.74, 6) is 0.0657. The molecule has 1 aromatic rings. The van der Waals surface area contributed by atoms with Crippen molar-refractivity contribution in [3.63, 3.8) is 0 Å². The smallest absolute Gasteiger partial charge is 0.254 e. The largest absolute Gasteiger partial charge is 0.508 e. The molecule has 3 N–H and O–H groups in total. The molecule has 0 aromatic heterocycles. The minimum absolute atomic E-state index is 0.0255. The number of phenolic OH excluding ortho intramolecular Hbond substituents is 1. The van der Waals surface area contributed by atoms with E-state index in [9.17, 15) is 14.7 Å². The third kappa shape index (κ3) is 4.21. The molecule has 1 aromatic carbocycles. The van der Waals surface area contributed by atoms with E-state index in [0.29, 0.717) is 44.6 Å². The normalized spacial score (nSPS) is 16.5. The fraction of sp³-hybridized carbons (Fsp3) is 0.500. The molecule has 2 amide bonds. The number of nitrogens with two attached hydrogens (primary N) is 1. The molecule has 1 unspecified atom stereocenters. The van der Waals surface area contributed by atoms with Gasteiger partial charge in [0.2, 0.25) is 5.91 Å². The van der Waals surface area contributed by atoms with E-state index < -0.39 is 0 Å². The van der Waals surface area contributed by atoms with E-state index in [-0.39, 0.29) is 23.6 Å². The Bertz CT molecular complexity index is 537. The number of carbonyl (C=O) groups is 2. The van der Waals surface area contributed by atoms with Crippen molar-refractivity contribution >= 4 is 11.8 Å². The summed E-state index contributed by atoms with van der Waals surface area (Å²) in [6.45, 7) is 4.00. The van der Waals surface area contributed by atoms with Crippen LogP contribution in [-0.2, 0) is 4.79 Å². The van der Waals surface area contributed by atoms with E-state index >= 15 is 0 Å². The molecule has 0 aliphatic carbocycles. The lowest BCUT2D eigenvalue weighted by molar-refractivity contribution is -0.132. The fourth-order valence-corrected chi connectivity index (χ4v) is 2.49. The van der Waals surface area contributed by atoms with Crippen molar-refractivity contribution in [2.45, 2.75) is 25.8 Å². The maximum absolute atomic E-state index is 12.3. The van der Waals surface area contributed by atoms with E-state index in [0.717, 1.165) is 0 Å². The molecule has 1 aliphatic heterocycles. The van der Waals surface area contributed by atoms with Gasteiger partial charge in [0.05, 0.1) is 0 Å². The van der Waals surface area contributed by atoms with Crippen LogP contribution in [0.25, 0.3) is 0 Å². The summed E-state index contributed by atoms with van der Waals surface area (Å²) >= 11 is 0. The van der Waals surface area contributed by atoms with Gasteiger partial charge in [0, 0.05) is 44.2 Å². The zero-order valence-electron chi connectivity index (χ0n) is 12.9. The Kier molecular flexibility index (Phi) is 5.38. The quantitative estimate of drug-likeness (QED) is 0.861. The van der Waals surface area contributed by atoms with Gasteiger partial charge < -0.3 is 20.6 Å². The lowest BCUT2D eigenvalue weighted by Gasteiger charge is -2.35. The van der Waals surface area contributed by atoms with E-state index in [4.69, 9.17) is 5.73 Å². The van der Waals surface area contributed by atoms with Gasteiger partial charge in [0.1, 0.15) is 5.75 Å². The highest BCUT2D eigenvalue weighted by Crippen LogP contribution is 2.15. The number of amides is 2. The molecule has 0 radical (unpaired) electrons. The van der Waals surface area contributed by atoms with Gasteiger partial charge in [-0.2, -0.15) is 0 Å². The summed E-state index contributed by atoms with van der Waals surface area (Å²) in [6, 6.07) is 6.35. The number of piperazine rings is 1. The zero-order valence-corrected chi connectivity index (χ0v) is 12.9. The molecule has 6 nitrogen and oxygen atoms in total. The van der Waals surface area contributed by atoms with E-state index in [1.165, 1.54) is 12.1 Å². The van der Waals surface area contributed by atoms with Crippen LogP contribution in [0.15, 0.2) is 24.3 Å². The number of rotatable bonds is 4. The lowest BCUT2D eigenvalue weighted by Crippen LogP contribution is -2.50. The molecule has 1 saturated heterocycles. The maximum atomic E-state index is 12.3. The Hall–Kier alpha value is -2.08. The lowest BCUT2D eigenvalue weighted by atomic mass is 10.1. The molecule has 0 bridgehead atoms. The van der Waals surface area contributed by atoms with Crippen molar-refractivity contribution in [1.29, 1.82) is 0 Å². The molecule has 0 spiro atoms. The van der Waals surface area contributed by atoms with Crippen LogP contribution in [0.2, 0.25) is 0 Å². The molecular formula is C16H23N3O3. The topological polar surface area (TPSA) is 86.9 Å². The van der Waals surface area contributed by atoms with Gasteiger partial charge in [0.25, 0.3) is 5.91 Å². The van der Waals surface area contributed by atoms with Crippen molar-refractivity contribution in [2.24, 2.45) is 5.73 Å². The van der Waals surface area contributed by atoms with Gasteiger partial charge in [-0.1, -0.05) is 6.07 Å². The second-order valence-corrected chi connectivity index (χ2v) is 5.74. The van der Waals surface area contributed by atoms with E-state index in [1.807, 2.05) is 6.92 Å². The number of phenols is 1. The summed E-state index contributed by atoms with van der Waals surface area (Å²) in [5.41, 5.74) is 6.13. The van der Waals surface area contributed by atoms with E-state index in [1.54, 1.807) is 21.9 Å². The number of carbonyl (C=O) groups excluding carboxylic acids is 2. The van der Waals surface area contributed by atoms with Crippen LogP contribution in [0, 0.1) is 0 Å². The molecule has 22 heavy (non-hydrogen) atoms. The molecule has 0 saturated carbocycles. The van der Waals surface area contributed by atoms with Gasteiger partial charge >= 0.3 is 0 Å². The highest BCUT2D eigenvalue weighted by molar-refractivity contribution is 5.94. The van der Waals surface area contributed by atoms with Gasteiger partial charge in [-0.15, -0.1) is 0 Å². The van der Waals surface area contributed by atoms with Crippen molar-refractivity contribution in [3.05, 3.63) is 29.8 Å². The van der Waals surface area contributed by atoms with Gasteiger partial charge in [-0.3, -0.25) is 9.59 Å².